The van der Waals surface area contributed by atoms with Crippen molar-refractivity contribution in [3.05, 3.63) is 66.5 Å². The van der Waals surface area contributed by atoms with E-state index in [2.05, 4.69) is 21.3 Å². The van der Waals surface area contributed by atoms with Gasteiger partial charge in [0.05, 0.1) is 4.90 Å². The fraction of sp³-hybridized carbons (Fsp3) is 0.318. The van der Waals surface area contributed by atoms with E-state index in [0.29, 0.717) is 12.6 Å². The van der Waals surface area contributed by atoms with Gasteiger partial charge in [0.2, 0.25) is 0 Å². The molecule has 4 rings (SSSR count). The maximum absolute atomic E-state index is 12.7. The summed E-state index contributed by atoms with van der Waals surface area (Å²) in [6.45, 7) is 2.26. The summed E-state index contributed by atoms with van der Waals surface area (Å²) >= 11 is 0. The van der Waals surface area contributed by atoms with Gasteiger partial charge in [0.1, 0.15) is 0 Å². The number of nitrogens with zero attached hydrogens (tertiary/aromatic N) is 2. The highest BCUT2D eigenvalue weighted by molar-refractivity contribution is 7.92. The molecule has 2 aromatic carbocycles. The summed E-state index contributed by atoms with van der Waals surface area (Å²) in [5.74, 6) is 0. The molecule has 0 bridgehead atoms. The second-order valence-corrected chi connectivity index (χ2v) is 9.67. The third-order valence-electron chi connectivity index (χ3n) is 5.54. The van der Waals surface area contributed by atoms with Gasteiger partial charge in [-0.1, -0.05) is 18.2 Å². The molecule has 9 heteroatoms. The van der Waals surface area contributed by atoms with Gasteiger partial charge in [0.15, 0.2) is 0 Å². The van der Waals surface area contributed by atoms with Crippen LogP contribution in [0.5, 0.6) is 0 Å². The standard InChI is InChI=1S/C22H22F3N3O2S/c23-22(24,25)31(29,30)21-5-1-16(2-6-21)15-28-11-8-19(9-12-28)27-20-4-3-18-14-26-10-7-17(18)13-20/h1-7,10,13-14,19,27H,8-9,11-12,15H2. The number of hydrogen-bond donors (Lipinski definition) is 1. The molecule has 1 saturated heterocycles. The molecule has 0 spiro atoms. The molecule has 0 radical (unpaired) electrons. The van der Waals surface area contributed by atoms with Crippen LogP contribution in [-0.4, -0.2) is 42.9 Å². The molecular weight excluding hydrogens is 427 g/mol. The van der Waals surface area contributed by atoms with E-state index in [4.69, 9.17) is 0 Å². The number of aromatic nitrogens is 1. The maximum atomic E-state index is 12.7. The monoisotopic (exact) mass is 449 g/mol. The molecule has 1 N–H and O–H groups in total. The van der Waals surface area contributed by atoms with Gasteiger partial charge in [0, 0.05) is 49.1 Å². The van der Waals surface area contributed by atoms with Gasteiger partial charge >= 0.3 is 5.51 Å². The highest BCUT2D eigenvalue weighted by Gasteiger charge is 2.46. The van der Waals surface area contributed by atoms with E-state index in [-0.39, 0.29) is 0 Å². The topological polar surface area (TPSA) is 62.3 Å². The first-order valence-electron chi connectivity index (χ1n) is 9.95. The summed E-state index contributed by atoms with van der Waals surface area (Å²) in [6, 6.07) is 13.5. The number of nitrogens with one attached hydrogen (secondary N) is 1. The van der Waals surface area contributed by atoms with Gasteiger partial charge < -0.3 is 5.32 Å². The zero-order valence-corrected chi connectivity index (χ0v) is 17.5. The molecule has 3 aromatic rings. The first-order valence-corrected chi connectivity index (χ1v) is 11.4. The Kier molecular flexibility index (Phi) is 5.90. The number of fused-ring (bicyclic) bond motifs is 1. The van der Waals surface area contributed by atoms with Crippen LogP contribution in [-0.2, 0) is 16.4 Å². The van der Waals surface area contributed by atoms with E-state index in [0.717, 1.165) is 60.1 Å². The lowest BCUT2D eigenvalue weighted by atomic mass is 10.0. The maximum Gasteiger partial charge on any atom is 0.501 e. The van der Waals surface area contributed by atoms with Gasteiger partial charge in [-0.3, -0.25) is 9.88 Å². The Morgan fingerprint density at radius 3 is 2.39 bits per heavy atom. The van der Waals surface area contributed by atoms with Crippen LogP contribution in [0.3, 0.4) is 0 Å². The quantitative estimate of drug-likeness (QED) is 0.617. The van der Waals surface area contributed by atoms with Gasteiger partial charge in [-0.25, -0.2) is 8.42 Å². The van der Waals surface area contributed by atoms with Crippen LogP contribution in [0.1, 0.15) is 18.4 Å². The van der Waals surface area contributed by atoms with Crippen LogP contribution in [0, 0.1) is 0 Å². The van der Waals surface area contributed by atoms with E-state index < -0.39 is 20.2 Å². The molecule has 0 aliphatic carbocycles. The molecule has 1 aliphatic rings. The molecular formula is C22H22F3N3O2S. The van der Waals surface area contributed by atoms with Gasteiger partial charge in [-0.05, 0) is 54.1 Å². The number of likely N-dealkylation sites (tertiary alicyclic amines) is 1. The van der Waals surface area contributed by atoms with Crippen LogP contribution < -0.4 is 5.32 Å². The first-order chi connectivity index (χ1) is 14.7. The minimum Gasteiger partial charge on any atom is -0.382 e. The molecule has 1 fully saturated rings. The summed E-state index contributed by atoms with van der Waals surface area (Å²) in [4.78, 5) is 5.62. The third-order valence-corrected chi connectivity index (χ3v) is 7.05. The number of sulfone groups is 1. The number of piperidine rings is 1. The minimum absolute atomic E-state index is 0.342. The zero-order valence-electron chi connectivity index (χ0n) is 16.6. The van der Waals surface area contributed by atoms with Crippen LogP contribution in [0.2, 0.25) is 0 Å². The smallest absolute Gasteiger partial charge is 0.382 e. The number of halogens is 3. The average Bonchev–Trinajstić information content (AvgIpc) is 2.75. The van der Waals surface area contributed by atoms with Crippen molar-refractivity contribution >= 4 is 26.3 Å². The minimum atomic E-state index is -5.30. The van der Waals surface area contributed by atoms with Gasteiger partial charge in [-0.2, -0.15) is 13.2 Å². The molecule has 1 aliphatic heterocycles. The van der Waals surface area contributed by atoms with E-state index in [9.17, 15) is 21.6 Å². The molecule has 1 aromatic heterocycles. The highest BCUT2D eigenvalue weighted by atomic mass is 32.2. The summed E-state index contributed by atoms with van der Waals surface area (Å²) in [7, 11) is -5.30. The van der Waals surface area contributed by atoms with Crippen LogP contribution in [0.15, 0.2) is 65.8 Å². The lowest BCUT2D eigenvalue weighted by Crippen LogP contribution is -2.38. The molecule has 0 saturated carbocycles. The SMILES string of the molecule is O=S(=O)(c1ccc(CN2CCC(Nc3ccc4cnccc4c3)CC2)cc1)C(F)(F)F. The van der Waals surface area contributed by atoms with Gasteiger partial charge in [0.25, 0.3) is 9.84 Å². The number of pyridine rings is 1. The van der Waals surface area contributed by atoms with Crippen molar-refractivity contribution in [2.75, 3.05) is 18.4 Å². The van der Waals surface area contributed by atoms with Crippen molar-refractivity contribution in [1.82, 2.24) is 9.88 Å². The Bertz CT molecular complexity index is 1160. The first kappa shape index (κ1) is 21.6. The molecule has 164 valence electrons. The average molecular weight is 449 g/mol. The molecule has 0 unspecified atom stereocenters. The lowest BCUT2D eigenvalue weighted by molar-refractivity contribution is -0.0436. The molecule has 2 heterocycles. The second-order valence-electron chi connectivity index (χ2n) is 7.73. The Balaban J connectivity index is 1.32. The van der Waals surface area contributed by atoms with Crippen LogP contribution in [0.4, 0.5) is 18.9 Å². The predicted molar refractivity (Wildman–Crippen MR) is 113 cm³/mol. The van der Waals surface area contributed by atoms with Crippen molar-refractivity contribution in [1.29, 1.82) is 0 Å². The van der Waals surface area contributed by atoms with Crippen molar-refractivity contribution < 1.29 is 21.6 Å². The molecule has 5 nitrogen and oxygen atoms in total. The normalized spacial score (nSPS) is 16.5. The second kappa shape index (κ2) is 8.47. The van der Waals surface area contributed by atoms with Crippen molar-refractivity contribution in [3.63, 3.8) is 0 Å². The third kappa shape index (κ3) is 4.83. The molecule has 31 heavy (non-hydrogen) atoms. The number of hydrogen-bond acceptors (Lipinski definition) is 5. The van der Waals surface area contributed by atoms with E-state index in [1.165, 1.54) is 12.1 Å². The van der Waals surface area contributed by atoms with E-state index >= 15 is 0 Å². The summed E-state index contributed by atoms with van der Waals surface area (Å²) < 4.78 is 60.9. The molecule has 0 atom stereocenters. The number of benzene rings is 2. The Labute approximate surface area is 178 Å². The summed E-state index contributed by atoms with van der Waals surface area (Å²) in [5, 5.41) is 5.80. The lowest BCUT2D eigenvalue weighted by Gasteiger charge is -2.33. The molecule has 0 amide bonds. The van der Waals surface area contributed by atoms with E-state index in [1.54, 1.807) is 6.20 Å². The summed E-state index contributed by atoms with van der Waals surface area (Å²) in [5.41, 5.74) is -3.43. The van der Waals surface area contributed by atoms with Crippen molar-refractivity contribution in [3.8, 4) is 0 Å². The Morgan fingerprint density at radius 1 is 1.00 bits per heavy atom. The fourth-order valence-electron chi connectivity index (χ4n) is 3.81. The van der Waals surface area contributed by atoms with E-state index in [1.807, 2.05) is 24.4 Å². The van der Waals surface area contributed by atoms with Crippen molar-refractivity contribution in [2.45, 2.75) is 35.8 Å². The number of alkyl halides is 3. The van der Waals surface area contributed by atoms with Crippen molar-refractivity contribution in [2.24, 2.45) is 0 Å². The zero-order chi connectivity index (χ0) is 22.1. The van der Waals surface area contributed by atoms with Crippen LogP contribution in [0.25, 0.3) is 10.8 Å². The van der Waals surface area contributed by atoms with Gasteiger partial charge in [-0.15, -0.1) is 0 Å². The highest BCUT2D eigenvalue weighted by Crippen LogP contribution is 2.30. The number of rotatable bonds is 5. The van der Waals surface area contributed by atoms with Crippen LogP contribution >= 0.6 is 0 Å². The largest absolute Gasteiger partial charge is 0.501 e. The number of anilines is 1. The Morgan fingerprint density at radius 2 is 1.71 bits per heavy atom. The summed E-state index contributed by atoms with van der Waals surface area (Å²) in [6.07, 6.45) is 5.49. The predicted octanol–water partition coefficient (Wildman–Crippen LogP) is 4.60. The Hall–Kier alpha value is -2.65. The fourth-order valence-corrected chi connectivity index (χ4v) is 4.57.